The number of halogens is 1. The second-order valence-corrected chi connectivity index (χ2v) is 6.62. The molecular formula is C12H12FNO5S. The zero-order chi connectivity index (χ0) is 14.8. The van der Waals surface area contributed by atoms with Gasteiger partial charge in [0.2, 0.25) is 0 Å². The number of benzene rings is 1. The summed E-state index contributed by atoms with van der Waals surface area (Å²) >= 11 is 0. The molecule has 8 heteroatoms. The third-order valence-electron chi connectivity index (χ3n) is 2.77. The second kappa shape index (κ2) is 5.58. The lowest BCUT2D eigenvalue weighted by molar-refractivity contribution is 0.0862. The van der Waals surface area contributed by atoms with Gasteiger partial charge < -0.3 is 4.74 Å². The van der Waals surface area contributed by atoms with Crippen LogP contribution < -0.4 is 5.32 Å². The van der Waals surface area contributed by atoms with Gasteiger partial charge in [-0.1, -0.05) is 6.07 Å². The predicted molar refractivity (Wildman–Crippen MR) is 67.4 cm³/mol. The van der Waals surface area contributed by atoms with Crippen molar-refractivity contribution in [1.29, 1.82) is 0 Å². The molecule has 6 nitrogen and oxygen atoms in total. The van der Waals surface area contributed by atoms with Crippen molar-refractivity contribution < 1.29 is 27.1 Å². The van der Waals surface area contributed by atoms with Gasteiger partial charge in [0.05, 0.1) is 11.5 Å². The molecule has 1 atom stereocenters. The van der Waals surface area contributed by atoms with Crippen LogP contribution in [0.3, 0.4) is 0 Å². The van der Waals surface area contributed by atoms with E-state index < -0.39 is 33.8 Å². The summed E-state index contributed by atoms with van der Waals surface area (Å²) in [5.41, 5.74) is -0.0269. The molecule has 108 valence electrons. The molecule has 20 heavy (non-hydrogen) atoms. The molecule has 1 aliphatic rings. The van der Waals surface area contributed by atoms with E-state index in [1.165, 1.54) is 18.2 Å². The minimum atomic E-state index is -3.17. The van der Waals surface area contributed by atoms with Crippen molar-refractivity contribution in [2.75, 3.05) is 11.5 Å². The Kier molecular flexibility index (Phi) is 4.03. The molecule has 1 heterocycles. The van der Waals surface area contributed by atoms with E-state index in [2.05, 4.69) is 0 Å². The van der Waals surface area contributed by atoms with Crippen LogP contribution in [-0.4, -0.2) is 38.0 Å². The molecule has 1 aromatic rings. The van der Waals surface area contributed by atoms with Gasteiger partial charge in [0, 0.05) is 5.56 Å². The van der Waals surface area contributed by atoms with Gasteiger partial charge in [0.15, 0.2) is 9.84 Å². The number of rotatable bonds is 2. The molecule has 0 saturated carbocycles. The van der Waals surface area contributed by atoms with Crippen molar-refractivity contribution in [2.24, 2.45) is 0 Å². The van der Waals surface area contributed by atoms with Gasteiger partial charge in [-0.15, -0.1) is 0 Å². The van der Waals surface area contributed by atoms with E-state index in [1.807, 2.05) is 5.32 Å². The topological polar surface area (TPSA) is 89.5 Å². The summed E-state index contributed by atoms with van der Waals surface area (Å²) < 4.78 is 40.1. The highest BCUT2D eigenvalue weighted by Gasteiger charge is 2.31. The van der Waals surface area contributed by atoms with Gasteiger partial charge in [-0.3, -0.25) is 10.1 Å². The van der Waals surface area contributed by atoms with Crippen LogP contribution in [-0.2, 0) is 14.6 Å². The number of amides is 2. The molecule has 0 spiro atoms. The fourth-order valence-electron chi connectivity index (χ4n) is 1.83. The van der Waals surface area contributed by atoms with Gasteiger partial charge in [-0.25, -0.2) is 17.6 Å². The zero-order valence-electron chi connectivity index (χ0n) is 10.3. The Bertz CT molecular complexity index is 643. The first-order chi connectivity index (χ1) is 9.35. The minimum absolute atomic E-state index is 0.0269. The average molecular weight is 301 g/mol. The maximum Gasteiger partial charge on any atom is 0.414 e. The molecule has 0 aliphatic carbocycles. The van der Waals surface area contributed by atoms with Crippen LogP contribution in [0.1, 0.15) is 16.8 Å². The Hall–Kier alpha value is -1.96. The van der Waals surface area contributed by atoms with Crippen LogP contribution >= 0.6 is 0 Å². The fourth-order valence-corrected chi connectivity index (χ4v) is 3.42. The summed E-state index contributed by atoms with van der Waals surface area (Å²) in [7, 11) is -3.17. The summed E-state index contributed by atoms with van der Waals surface area (Å²) in [4.78, 5) is 23.0. The molecule has 1 fully saturated rings. The summed E-state index contributed by atoms with van der Waals surface area (Å²) in [6.07, 6.45) is -1.58. The van der Waals surface area contributed by atoms with Crippen molar-refractivity contribution in [3.63, 3.8) is 0 Å². The van der Waals surface area contributed by atoms with Gasteiger partial charge in [0.1, 0.15) is 11.9 Å². The highest BCUT2D eigenvalue weighted by atomic mass is 32.2. The molecule has 1 saturated heterocycles. The number of sulfone groups is 1. The SMILES string of the molecule is O=C(NC(=O)c1cccc(F)c1)O[C@H]1CCS(=O)(=O)C1. The van der Waals surface area contributed by atoms with E-state index in [0.29, 0.717) is 0 Å². The molecular weight excluding hydrogens is 289 g/mol. The summed E-state index contributed by atoms with van der Waals surface area (Å²) in [5, 5.41) is 1.92. The Balaban J connectivity index is 1.90. The number of alkyl carbamates (subject to hydrolysis) is 1. The monoisotopic (exact) mass is 301 g/mol. The largest absolute Gasteiger partial charge is 0.445 e. The highest BCUT2D eigenvalue weighted by molar-refractivity contribution is 7.91. The van der Waals surface area contributed by atoms with Crippen LogP contribution in [0.2, 0.25) is 0 Å². The molecule has 1 aromatic carbocycles. The Morgan fingerprint density at radius 2 is 2.10 bits per heavy atom. The molecule has 2 amide bonds. The van der Waals surface area contributed by atoms with E-state index in [4.69, 9.17) is 4.74 Å². The van der Waals surface area contributed by atoms with Gasteiger partial charge in [0.25, 0.3) is 5.91 Å². The third-order valence-corrected chi connectivity index (χ3v) is 4.50. The Morgan fingerprint density at radius 3 is 2.70 bits per heavy atom. The molecule has 1 aliphatic heterocycles. The molecule has 0 unspecified atom stereocenters. The third kappa shape index (κ3) is 3.77. The van der Waals surface area contributed by atoms with Crippen molar-refractivity contribution in [3.8, 4) is 0 Å². The number of hydrogen-bond acceptors (Lipinski definition) is 5. The van der Waals surface area contributed by atoms with E-state index in [1.54, 1.807) is 0 Å². The van der Waals surface area contributed by atoms with E-state index >= 15 is 0 Å². The molecule has 0 aromatic heterocycles. The molecule has 0 bridgehead atoms. The molecule has 1 N–H and O–H groups in total. The second-order valence-electron chi connectivity index (χ2n) is 4.39. The molecule has 0 radical (unpaired) electrons. The predicted octanol–water partition coefficient (Wildman–Crippen LogP) is 0.879. The fraction of sp³-hybridized carbons (Fsp3) is 0.333. The number of carbonyl (C=O) groups is 2. The van der Waals surface area contributed by atoms with Crippen LogP contribution in [0.5, 0.6) is 0 Å². The Labute approximate surface area is 114 Å². The van der Waals surface area contributed by atoms with Crippen LogP contribution in [0.15, 0.2) is 24.3 Å². The highest BCUT2D eigenvalue weighted by Crippen LogP contribution is 2.14. The Morgan fingerprint density at radius 1 is 1.35 bits per heavy atom. The number of ether oxygens (including phenoxy) is 1. The van der Waals surface area contributed by atoms with Crippen LogP contribution in [0.25, 0.3) is 0 Å². The van der Waals surface area contributed by atoms with E-state index in [-0.39, 0.29) is 23.5 Å². The summed E-state index contributed by atoms with van der Waals surface area (Å²) in [6.45, 7) is 0. The lowest BCUT2D eigenvalue weighted by Crippen LogP contribution is -2.34. The van der Waals surface area contributed by atoms with Crippen molar-refractivity contribution in [2.45, 2.75) is 12.5 Å². The lowest BCUT2D eigenvalue weighted by Gasteiger charge is -2.10. The summed E-state index contributed by atoms with van der Waals surface area (Å²) in [6, 6.07) is 4.81. The lowest BCUT2D eigenvalue weighted by atomic mass is 10.2. The van der Waals surface area contributed by atoms with Crippen molar-refractivity contribution in [1.82, 2.24) is 5.32 Å². The van der Waals surface area contributed by atoms with Crippen molar-refractivity contribution >= 4 is 21.8 Å². The minimum Gasteiger partial charge on any atom is -0.445 e. The van der Waals surface area contributed by atoms with Gasteiger partial charge in [-0.05, 0) is 24.6 Å². The van der Waals surface area contributed by atoms with Crippen molar-refractivity contribution in [3.05, 3.63) is 35.6 Å². The number of nitrogens with one attached hydrogen (secondary N) is 1. The normalized spacial score (nSPS) is 20.4. The quantitative estimate of drug-likeness (QED) is 0.876. The van der Waals surface area contributed by atoms with Crippen LogP contribution in [0, 0.1) is 5.82 Å². The van der Waals surface area contributed by atoms with E-state index in [9.17, 15) is 22.4 Å². The van der Waals surface area contributed by atoms with Gasteiger partial charge in [-0.2, -0.15) is 0 Å². The van der Waals surface area contributed by atoms with Gasteiger partial charge >= 0.3 is 6.09 Å². The number of carbonyl (C=O) groups excluding carboxylic acids is 2. The first-order valence-electron chi connectivity index (χ1n) is 5.84. The zero-order valence-corrected chi connectivity index (χ0v) is 11.2. The average Bonchev–Trinajstić information content (AvgIpc) is 2.68. The maximum atomic E-state index is 12.9. The molecule has 2 rings (SSSR count). The number of hydrogen-bond donors (Lipinski definition) is 1. The first kappa shape index (κ1) is 14.4. The smallest absolute Gasteiger partial charge is 0.414 e. The van der Waals surface area contributed by atoms with Crippen LogP contribution in [0.4, 0.5) is 9.18 Å². The maximum absolute atomic E-state index is 12.9. The van der Waals surface area contributed by atoms with E-state index in [0.717, 1.165) is 6.07 Å². The standard InChI is InChI=1S/C12H12FNO5S/c13-9-3-1-2-8(6-9)11(15)14-12(16)19-10-4-5-20(17,18)7-10/h1-3,6,10H,4-5,7H2,(H,14,15,16)/t10-/m0/s1. The first-order valence-corrected chi connectivity index (χ1v) is 7.66. The number of imide groups is 1. The summed E-state index contributed by atoms with van der Waals surface area (Å²) in [5.74, 6) is -1.69.